The summed E-state index contributed by atoms with van der Waals surface area (Å²) < 4.78 is 18.8. The molecule has 0 spiro atoms. The molecule has 1 amide bonds. The number of anilines is 1. The van der Waals surface area contributed by atoms with Crippen LogP contribution < -0.4 is 15.4 Å². The third-order valence-electron chi connectivity index (χ3n) is 4.30. The van der Waals surface area contributed by atoms with Crippen LogP contribution in [0.5, 0.6) is 5.75 Å². The number of rotatable bonds is 5. The van der Waals surface area contributed by atoms with Crippen LogP contribution in [0.4, 0.5) is 10.2 Å². The molecule has 1 aliphatic heterocycles. The number of ether oxygens (including phenoxy) is 1. The molecule has 0 aliphatic carbocycles. The Hall–Kier alpha value is -2.54. The van der Waals surface area contributed by atoms with Gasteiger partial charge in [-0.2, -0.15) is 0 Å². The Morgan fingerprint density at radius 1 is 1.32 bits per heavy atom. The normalized spacial score (nSPS) is 15.0. The highest BCUT2D eigenvalue weighted by Gasteiger charge is 2.17. The second-order valence-electron chi connectivity index (χ2n) is 6.08. The number of carbonyl (C=O) groups is 1. The number of hydrogen-bond acceptors (Lipinski definition) is 5. The van der Waals surface area contributed by atoms with Crippen molar-refractivity contribution in [2.75, 3.05) is 25.5 Å². The van der Waals surface area contributed by atoms with Gasteiger partial charge in [-0.05, 0) is 50.0 Å². The molecule has 0 radical (unpaired) electrons. The van der Waals surface area contributed by atoms with Crippen molar-refractivity contribution < 1.29 is 13.9 Å². The maximum atomic E-state index is 13.6. The molecule has 1 fully saturated rings. The molecule has 2 aromatic rings. The molecule has 1 aliphatic rings. The molecular formula is C18H21FN4O2. The molecule has 0 saturated carbocycles. The van der Waals surface area contributed by atoms with Gasteiger partial charge in [0, 0.05) is 18.1 Å². The Kier molecular flexibility index (Phi) is 5.55. The van der Waals surface area contributed by atoms with Gasteiger partial charge in [0.15, 0.2) is 0 Å². The van der Waals surface area contributed by atoms with Crippen molar-refractivity contribution in [1.82, 2.24) is 15.3 Å². The topological polar surface area (TPSA) is 76.1 Å². The first-order chi connectivity index (χ1) is 12.2. The van der Waals surface area contributed by atoms with Crippen molar-refractivity contribution >= 4 is 11.7 Å². The predicted octanol–water partition coefficient (Wildman–Crippen LogP) is 2.62. The van der Waals surface area contributed by atoms with Gasteiger partial charge in [0.25, 0.3) is 0 Å². The van der Waals surface area contributed by atoms with E-state index in [1.807, 2.05) is 0 Å². The number of halogens is 1. The molecule has 132 valence electrons. The molecule has 2 N–H and O–H groups in total. The lowest BCUT2D eigenvalue weighted by atomic mass is 9.94. The molecule has 1 aromatic carbocycles. The summed E-state index contributed by atoms with van der Waals surface area (Å²) in [6, 6.07) is 5.84. The van der Waals surface area contributed by atoms with Gasteiger partial charge in [-0.25, -0.2) is 14.4 Å². The molecule has 0 atom stereocenters. The number of piperidine rings is 1. The van der Waals surface area contributed by atoms with Crippen LogP contribution in [0.3, 0.4) is 0 Å². The first-order valence-electron chi connectivity index (χ1n) is 8.32. The highest BCUT2D eigenvalue weighted by Crippen LogP contribution is 2.30. The molecule has 25 heavy (non-hydrogen) atoms. The van der Waals surface area contributed by atoms with Gasteiger partial charge >= 0.3 is 0 Å². The summed E-state index contributed by atoms with van der Waals surface area (Å²) in [6.07, 6.45) is 3.83. The van der Waals surface area contributed by atoms with Crippen molar-refractivity contribution in [1.29, 1.82) is 0 Å². The van der Waals surface area contributed by atoms with Crippen molar-refractivity contribution in [3.63, 3.8) is 0 Å². The Bertz CT molecular complexity index is 748. The van der Waals surface area contributed by atoms with E-state index in [1.54, 1.807) is 12.1 Å². The molecule has 1 aromatic heterocycles. The lowest BCUT2D eigenvalue weighted by molar-refractivity contribution is -0.117. The van der Waals surface area contributed by atoms with E-state index in [1.165, 1.54) is 25.6 Å². The zero-order valence-corrected chi connectivity index (χ0v) is 14.1. The van der Waals surface area contributed by atoms with E-state index in [9.17, 15) is 9.18 Å². The number of benzene rings is 1. The standard InChI is InChI=1S/C18H21FN4O2/c1-25-16-3-2-13(19)9-14(16)15-10-17(22-11-21-15)23-18(24)8-12-4-6-20-7-5-12/h2-3,9-12,20H,4-8H2,1H3,(H,21,22,23,24). The van der Waals surface area contributed by atoms with E-state index < -0.39 is 0 Å². The van der Waals surface area contributed by atoms with E-state index in [4.69, 9.17) is 4.74 Å². The smallest absolute Gasteiger partial charge is 0.225 e. The van der Waals surface area contributed by atoms with E-state index in [2.05, 4.69) is 20.6 Å². The molecule has 1 saturated heterocycles. The van der Waals surface area contributed by atoms with E-state index >= 15 is 0 Å². The lowest BCUT2D eigenvalue weighted by Crippen LogP contribution is -2.30. The Labute approximate surface area is 145 Å². The molecule has 0 unspecified atom stereocenters. The Morgan fingerprint density at radius 2 is 2.12 bits per heavy atom. The predicted molar refractivity (Wildman–Crippen MR) is 92.8 cm³/mol. The maximum absolute atomic E-state index is 13.6. The fourth-order valence-electron chi connectivity index (χ4n) is 3.00. The number of nitrogens with zero attached hydrogens (tertiary/aromatic N) is 2. The Balaban J connectivity index is 1.73. The summed E-state index contributed by atoms with van der Waals surface area (Å²) in [4.78, 5) is 20.5. The monoisotopic (exact) mass is 344 g/mol. The van der Waals surface area contributed by atoms with Crippen LogP contribution >= 0.6 is 0 Å². The van der Waals surface area contributed by atoms with Crippen LogP contribution in [0.25, 0.3) is 11.3 Å². The molecule has 0 bridgehead atoms. The first-order valence-corrected chi connectivity index (χ1v) is 8.32. The van der Waals surface area contributed by atoms with Crippen LogP contribution in [0.2, 0.25) is 0 Å². The number of nitrogens with one attached hydrogen (secondary N) is 2. The average Bonchev–Trinajstić information content (AvgIpc) is 2.62. The minimum atomic E-state index is -0.383. The maximum Gasteiger partial charge on any atom is 0.225 e. The van der Waals surface area contributed by atoms with E-state index in [0.717, 1.165) is 25.9 Å². The summed E-state index contributed by atoms with van der Waals surface area (Å²) in [6.45, 7) is 1.91. The molecule has 7 heteroatoms. The van der Waals surface area contributed by atoms with E-state index in [0.29, 0.717) is 35.2 Å². The number of amides is 1. The van der Waals surface area contributed by atoms with Gasteiger partial charge in [0.2, 0.25) is 5.91 Å². The van der Waals surface area contributed by atoms with Gasteiger partial charge in [-0.1, -0.05) is 0 Å². The number of hydrogen-bond donors (Lipinski definition) is 2. The lowest BCUT2D eigenvalue weighted by Gasteiger charge is -2.21. The van der Waals surface area contributed by atoms with Crippen molar-refractivity contribution in [2.24, 2.45) is 5.92 Å². The van der Waals surface area contributed by atoms with Crippen molar-refractivity contribution in [2.45, 2.75) is 19.3 Å². The summed E-state index contributed by atoms with van der Waals surface area (Å²) in [5.41, 5.74) is 1.00. The largest absolute Gasteiger partial charge is 0.496 e. The van der Waals surface area contributed by atoms with Gasteiger partial charge in [-0.3, -0.25) is 4.79 Å². The van der Waals surface area contributed by atoms with Gasteiger partial charge < -0.3 is 15.4 Å². The molecule has 3 rings (SSSR count). The third-order valence-corrected chi connectivity index (χ3v) is 4.30. The average molecular weight is 344 g/mol. The third kappa shape index (κ3) is 4.51. The molecular weight excluding hydrogens is 323 g/mol. The minimum Gasteiger partial charge on any atom is -0.496 e. The summed E-state index contributed by atoms with van der Waals surface area (Å²) >= 11 is 0. The fraction of sp³-hybridized carbons (Fsp3) is 0.389. The quantitative estimate of drug-likeness (QED) is 0.872. The second-order valence-corrected chi connectivity index (χ2v) is 6.08. The minimum absolute atomic E-state index is 0.0669. The highest BCUT2D eigenvalue weighted by atomic mass is 19.1. The van der Waals surface area contributed by atoms with Crippen LogP contribution in [0.15, 0.2) is 30.6 Å². The summed E-state index contributed by atoms with van der Waals surface area (Å²) in [5, 5.41) is 6.09. The second kappa shape index (κ2) is 8.02. The van der Waals surface area contributed by atoms with Crippen molar-refractivity contribution in [3.05, 3.63) is 36.4 Å². The van der Waals surface area contributed by atoms with Crippen molar-refractivity contribution in [3.8, 4) is 17.0 Å². The van der Waals surface area contributed by atoms with Crippen LogP contribution in [0, 0.1) is 11.7 Å². The summed E-state index contributed by atoms with van der Waals surface area (Å²) in [5.74, 6) is 0.849. The van der Waals surface area contributed by atoms with Gasteiger partial charge in [0.05, 0.1) is 12.8 Å². The molecule has 2 heterocycles. The van der Waals surface area contributed by atoms with Crippen LogP contribution in [-0.2, 0) is 4.79 Å². The number of aromatic nitrogens is 2. The zero-order valence-electron chi connectivity index (χ0n) is 14.1. The molecule has 6 nitrogen and oxygen atoms in total. The number of carbonyl (C=O) groups excluding carboxylic acids is 1. The van der Waals surface area contributed by atoms with E-state index in [-0.39, 0.29) is 11.7 Å². The van der Waals surface area contributed by atoms with Crippen LogP contribution in [0.1, 0.15) is 19.3 Å². The zero-order chi connectivity index (χ0) is 17.6. The van der Waals surface area contributed by atoms with Gasteiger partial charge in [0.1, 0.15) is 23.7 Å². The number of methoxy groups -OCH3 is 1. The Morgan fingerprint density at radius 3 is 2.88 bits per heavy atom. The SMILES string of the molecule is COc1ccc(F)cc1-c1cc(NC(=O)CC2CCNCC2)ncn1. The van der Waals surface area contributed by atoms with Gasteiger partial charge in [-0.15, -0.1) is 0 Å². The summed E-state index contributed by atoms with van der Waals surface area (Å²) in [7, 11) is 1.51. The fourth-order valence-corrected chi connectivity index (χ4v) is 3.00. The highest BCUT2D eigenvalue weighted by molar-refractivity contribution is 5.90. The van der Waals surface area contributed by atoms with Crippen LogP contribution in [-0.4, -0.2) is 36.1 Å². The first kappa shape index (κ1) is 17.3.